The summed E-state index contributed by atoms with van der Waals surface area (Å²) >= 11 is 0. The average molecular weight is 559 g/mol. The molecule has 5 aromatic carbocycles. The standard InChI is InChI=1S/C39H30N2O2/c1-3-4-23-33-34-25-15-24-32(28-16-8-5-9-17-28)38(34)41(37(33)29-18-10-6-11-19-29)35-26-14-20-30(27-42)36(35)39(43)40(2)31-21-12-7-13-22-31/h3-27H,1H2,2H3/b23-4-. The summed E-state index contributed by atoms with van der Waals surface area (Å²) in [5, 5.41) is 1.02. The van der Waals surface area contributed by atoms with Crippen molar-refractivity contribution < 1.29 is 9.59 Å². The zero-order valence-electron chi connectivity index (χ0n) is 23.9. The minimum Gasteiger partial charge on any atom is -0.311 e. The van der Waals surface area contributed by atoms with Gasteiger partial charge >= 0.3 is 0 Å². The number of nitrogens with zero attached hydrogens (tertiary/aromatic N) is 2. The lowest BCUT2D eigenvalue weighted by molar-refractivity contribution is 0.0986. The Morgan fingerprint density at radius 1 is 0.744 bits per heavy atom. The van der Waals surface area contributed by atoms with Crippen LogP contribution in [0.3, 0.4) is 0 Å². The van der Waals surface area contributed by atoms with Crippen molar-refractivity contribution >= 4 is 34.9 Å². The Morgan fingerprint density at radius 2 is 1.37 bits per heavy atom. The van der Waals surface area contributed by atoms with E-state index in [0.29, 0.717) is 16.8 Å². The van der Waals surface area contributed by atoms with E-state index in [2.05, 4.69) is 59.7 Å². The van der Waals surface area contributed by atoms with E-state index in [1.807, 2.05) is 84.9 Å². The van der Waals surface area contributed by atoms with Crippen LogP contribution in [0.5, 0.6) is 0 Å². The minimum absolute atomic E-state index is 0.273. The van der Waals surface area contributed by atoms with Crippen molar-refractivity contribution in [3.63, 3.8) is 0 Å². The molecule has 0 saturated carbocycles. The Kier molecular flexibility index (Phi) is 7.66. The number of amides is 1. The van der Waals surface area contributed by atoms with Gasteiger partial charge in [0, 0.05) is 34.8 Å². The van der Waals surface area contributed by atoms with Gasteiger partial charge in [-0.15, -0.1) is 0 Å². The van der Waals surface area contributed by atoms with Crippen molar-refractivity contribution in [1.82, 2.24) is 4.57 Å². The number of aromatic nitrogens is 1. The average Bonchev–Trinajstić information content (AvgIpc) is 3.41. The van der Waals surface area contributed by atoms with Crippen molar-refractivity contribution in [3.05, 3.63) is 163 Å². The summed E-state index contributed by atoms with van der Waals surface area (Å²) in [6.07, 6.45) is 6.51. The fourth-order valence-electron chi connectivity index (χ4n) is 5.68. The van der Waals surface area contributed by atoms with Gasteiger partial charge in [-0.1, -0.05) is 134 Å². The Balaban J connectivity index is 1.77. The monoisotopic (exact) mass is 558 g/mol. The van der Waals surface area contributed by atoms with Gasteiger partial charge in [0.15, 0.2) is 6.29 Å². The van der Waals surface area contributed by atoms with Crippen LogP contribution in [0.15, 0.2) is 146 Å². The molecule has 0 unspecified atom stereocenters. The molecule has 0 saturated heterocycles. The highest BCUT2D eigenvalue weighted by Gasteiger charge is 2.27. The summed E-state index contributed by atoms with van der Waals surface area (Å²) in [5.41, 5.74) is 7.91. The summed E-state index contributed by atoms with van der Waals surface area (Å²) in [4.78, 5) is 28.5. The van der Waals surface area contributed by atoms with Crippen molar-refractivity contribution in [2.45, 2.75) is 0 Å². The SMILES string of the molecule is C=C/C=C\c1c(-c2ccccc2)n(-c2cccc(C=O)c2C(=O)N(C)c2ccccc2)c2c(-c3ccccc3)cccc12. The van der Waals surface area contributed by atoms with E-state index in [1.165, 1.54) is 0 Å². The molecule has 0 aliphatic heterocycles. The van der Waals surface area contributed by atoms with E-state index in [-0.39, 0.29) is 5.91 Å². The number of benzene rings is 5. The first-order valence-electron chi connectivity index (χ1n) is 14.1. The largest absolute Gasteiger partial charge is 0.311 e. The summed E-state index contributed by atoms with van der Waals surface area (Å²) in [7, 11) is 1.74. The Morgan fingerprint density at radius 3 is 2.02 bits per heavy atom. The minimum atomic E-state index is -0.273. The number of fused-ring (bicyclic) bond motifs is 1. The number of allylic oxidation sites excluding steroid dienone is 2. The predicted molar refractivity (Wildman–Crippen MR) is 178 cm³/mol. The van der Waals surface area contributed by atoms with Crippen molar-refractivity contribution in [2.24, 2.45) is 0 Å². The zero-order chi connectivity index (χ0) is 29.8. The third-order valence-corrected chi connectivity index (χ3v) is 7.66. The summed E-state index contributed by atoms with van der Waals surface area (Å²) < 4.78 is 2.15. The number of aldehydes is 1. The van der Waals surface area contributed by atoms with Gasteiger partial charge in [-0.25, -0.2) is 0 Å². The van der Waals surface area contributed by atoms with Crippen LogP contribution < -0.4 is 4.90 Å². The first-order chi connectivity index (χ1) is 21.1. The molecule has 208 valence electrons. The van der Waals surface area contributed by atoms with Crippen LogP contribution >= 0.6 is 0 Å². The molecule has 0 atom stereocenters. The first kappa shape index (κ1) is 27.4. The topological polar surface area (TPSA) is 42.3 Å². The lowest BCUT2D eigenvalue weighted by Crippen LogP contribution is -2.28. The molecule has 0 spiro atoms. The highest BCUT2D eigenvalue weighted by atomic mass is 16.2. The number of hydrogen-bond acceptors (Lipinski definition) is 2. The zero-order valence-corrected chi connectivity index (χ0v) is 23.9. The molecule has 0 aliphatic carbocycles. The second-order valence-corrected chi connectivity index (χ2v) is 10.2. The molecule has 1 heterocycles. The molecular formula is C39H30N2O2. The number of para-hydroxylation sites is 2. The lowest BCUT2D eigenvalue weighted by atomic mass is 10.0. The van der Waals surface area contributed by atoms with Crippen LogP contribution in [0.2, 0.25) is 0 Å². The van der Waals surface area contributed by atoms with E-state index < -0.39 is 0 Å². The van der Waals surface area contributed by atoms with Gasteiger partial charge in [-0.3, -0.25) is 9.59 Å². The van der Waals surface area contributed by atoms with Crippen molar-refractivity contribution in [2.75, 3.05) is 11.9 Å². The van der Waals surface area contributed by atoms with Crippen LogP contribution in [0.1, 0.15) is 26.3 Å². The Labute approximate surface area is 251 Å². The molecular weight excluding hydrogens is 528 g/mol. The molecule has 4 heteroatoms. The molecule has 4 nitrogen and oxygen atoms in total. The van der Waals surface area contributed by atoms with Crippen LogP contribution in [0, 0.1) is 0 Å². The van der Waals surface area contributed by atoms with Gasteiger partial charge in [-0.05, 0) is 29.3 Å². The fourth-order valence-corrected chi connectivity index (χ4v) is 5.68. The second kappa shape index (κ2) is 12.0. The summed E-state index contributed by atoms with van der Waals surface area (Å²) in [6, 6.07) is 41.6. The predicted octanol–water partition coefficient (Wildman–Crippen LogP) is 9.25. The molecule has 0 N–H and O–H groups in total. The third kappa shape index (κ3) is 5.00. The summed E-state index contributed by atoms with van der Waals surface area (Å²) in [5.74, 6) is -0.273. The Hall–Kier alpha value is -5.74. The van der Waals surface area contributed by atoms with Gasteiger partial charge in [0.25, 0.3) is 5.91 Å². The molecule has 0 bridgehead atoms. The number of carbonyl (C=O) groups is 2. The maximum Gasteiger partial charge on any atom is 0.260 e. The third-order valence-electron chi connectivity index (χ3n) is 7.66. The molecule has 0 fully saturated rings. The maximum atomic E-state index is 14.4. The number of hydrogen-bond donors (Lipinski definition) is 0. The van der Waals surface area contributed by atoms with Gasteiger partial charge in [0.05, 0.1) is 22.5 Å². The van der Waals surface area contributed by atoms with E-state index in [0.717, 1.165) is 50.8 Å². The van der Waals surface area contributed by atoms with Crippen LogP contribution in [-0.2, 0) is 0 Å². The highest BCUT2D eigenvalue weighted by molar-refractivity contribution is 6.14. The quantitative estimate of drug-likeness (QED) is 0.138. The van der Waals surface area contributed by atoms with E-state index in [9.17, 15) is 9.59 Å². The number of rotatable bonds is 8. The van der Waals surface area contributed by atoms with Crippen LogP contribution in [0.4, 0.5) is 5.69 Å². The van der Waals surface area contributed by atoms with E-state index in [1.54, 1.807) is 24.1 Å². The van der Waals surface area contributed by atoms with Crippen molar-refractivity contribution in [1.29, 1.82) is 0 Å². The number of anilines is 1. The van der Waals surface area contributed by atoms with Crippen LogP contribution in [-0.4, -0.2) is 23.8 Å². The molecule has 6 aromatic rings. The fraction of sp³-hybridized carbons (Fsp3) is 0.0256. The molecule has 1 aromatic heterocycles. The van der Waals surface area contributed by atoms with Gasteiger partial charge in [-0.2, -0.15) is 0 Å². The maximum absolute atomic E-state index is 14.4. The van der Waals surface area contributed by atoms with Crippen molar-refractivity contribution in [3.8, 4) is 28.1 Å². The first-order valence-corrected chi connectivity index (χ1v) is 14.1. The second-order valence-electron chi connectivity index (χ2n) is 10.2. The lowest BCUT2D eigenvalue weighted by Gasteiger charge is -2.23. The highest BCUT2D eigenvalue weighted by Crippen LogP contribution is 2.42. The smallest absolute Gasteiger partial charge is 0.260 e. The molecule has 43 heavy (non-hydrogen) atoms. The molecule has 6 rings (SSSR count). The van der Waals surface area contributed by atoms with Crippen LogP contribution in [0.25, 0.3) is 45.1 Å². The van der Waals surface area contributed by atoms with E-state index >= 15 is 0 Å². The molecule has 0 aliphatic rings. The molecule has 1 amide bonds. The van der Waals surface area contributed by atoms with Gasteiger partial charge in [0.2, 0.25) is 0 Å². The van der Waals surface area contributed by atoms with Gasteiger partial charge in [0.1, 0.15) is 0 Å². The normalized spacial score (nSPS) is 11.1. The van der Waals surface area contributed by atoms with E-state index in [4.69, 9.17) is 0 Å². The number of carbonyl (C=O) groups excluding carboxylic acids is 2. The van der Waals surface area contributed by atoms with Gasteiger partial charge < -0.3 is 9.47 Å². The summed E-state index contributed by atoms with van der Waals surface area (Å²) in [6.45, 7) is 3.91. The molecule has 0 radical (unpaired) electrons. The Bertz CT molecular complexity index is 1970.